The van der Waals surface area contributed by atoms with Crippen molar-refractivity contribution in [3.8, 4) is 0 Å². The van der Waals surface area contributed by atoms with Crippen molar-refractivity contribution >= 4 is 16.9 Å². The van der Waals surface area contributed by atoms with Gasteiger partial charge < -0.3 is 4.57 Å². The Morgan fingerprint density at radius 1 is 1.50 bits per heavy atom. The van der Waals surface area contributed by atoms with Crippen LogP contribution in [0.1, 0.15) is 6.42 Å². The molecule has 2 rings (SSSR count). The highest BCUT2D eigenvalue weighted by molar-refractivity contribution is 5.76. The van der Waals surface area contributed by atoms with Crippen LogP contribution >= 0.6 is 0 Å². The number of para-hydroxylation sites is 2. The summed E-state index contributed by atoms with van der Waals surface area (Å²) in [5.41, 5.74) is 4.26. The summed E-state index contributed by atoms with van der Waals surface area (Å²) in [7, 11) is 1.42. The number of aryl methyl sites for hydroxylation is 1. The molecule has 1 N–H and O–H groups in total. The minimum Gasteiger partial charge on any atom is -0.330 e. The van der Waals surface area contributed by atoms with Crippen molar-refractivity contribution in [1.82, 2.24) is 15.0 Å². The zero-order valence-corrected chi connectivity index (χ0v) is 9.01. The predicted octanol–water partition coefficient (Wildman–Crippen LogP) is 1.10. The van der Waals surface area contributed by atoms with Gasteiger partial charge in [0.05, 0.1) is 24.5 Å². The van der Waals surface area contributed by atoms with Crippen LogP contribution in [0.2, 0.25) is 0 Å². The summed E-state index contributed by atoms with van der Waals surface area (Å²) in [6.45, 7) is 0.593. The molecule has 0 aliphatic rings. The molecule has 0 unspecified atom stereocenters. The molecular formula is C11H13N3O2. The number of hydroxylamine groups is 1. The van der Waals surface area contributed by atoms with Crippen molar-refractivity contribution in [1.29, 1.82) is 0 Å². The van der Waals surface area contributed by atoms with E-state index < -0.39 is 0 Å². The van der Waals surface area contributed by atoms with Crippen LogP contribution in [0, 0.1) is 0 Å². The molecule has 0 fully saturated rings. The molecule has 2 aromatic rings. The van der Waals surface area contributed by atoms with Gasteiger partial charge >= 0.3 is 0 Å². The molecule has 5 heteroatoms. The van der Waals surface area contributed by atoms with Crippen LogP contribution < -0.4 is 5.48 Å². The van der Waals surface area contributed by atoms with E-state index in [1.165, 1.54) is 7.11 Å². The first-order chi connectivity index (χ1) is 7.81. The Balaban J connectivity index is 2.07. The van der Waals surface area contributed by atoms with E-state index in [0.29, 0.717) is 13.0 Å². The van der Waals surface area contributed by atoms with Crippen molar-refractivity contribution in [2.45, 2.75) is 13.0 Å². The fourth-order valence-corrected chi connectivity index (χ4v) is 1.58. The SMILES string of the molecule is CONC(=O)CCn1cnc2ccccc21. The molecule has 0 aliphatic heterocycles. The molecule has 0 saturated heterocycles. The fraction of sp³-hybridized carbons (Fsp3) is 0.273. The van der Waals surface area contributed by atoms with Gasteiger partial charge in [0.25, 0.3) is 0 Å². The largest absolute Gasteiger partial charge is 0.330 e. The monoisotopic (exact) mass is 219 g/mol. The van der Waals surface area contributed by atoms with Crippen LogP contribution in [-0.2, 0) is 16.2 Å². The van der Waals surface area contributed by atoms with Crippen molar-refractivity contribution in [2.75, 3.05) is 7.11 Å². The van der Waals surface area contributed by atoms with Crippen molar-refractivity contribution in [2.24, 2.45) is 0 Å². The topological polar surface area (TPSA) is 56.1 Å². The number of hydrogen-bond acceptors (Lipinski definition) is 3. The number of nitrogens with zero attached hydrogens (tertiary/aromatic N) is 2. The Labute approximate surface area is 93.0 Å². The normalized spacial score (nSPS) is 10.6. The molecule has 84 valence electrons. The summed E-state index contributed by atoms with van der Waals surface area (Å²) in [6, 6.07) is 7.82. The number of imidazole rings is 1. The highest BCUT2D eigenvalue weighted by Crippen LogP contribution is 2.11. The molecule has 1 aromatic carbocycles. The fourth-order valence-electron chi connectivity index (χ4n) is 1.58. The Morgan fingerprint density at radius 3 is 3.12 bits per heavy atom. The van der Waals surface area contributed by atoms with Crippen molar-refractivity contribution in [3.05, 3.63) is 30.6 Å². The molecule has 0 spiro atoms. The van der Waals surface area contributed by atoms with Gasteiger partial charge in [-0.15, -0.1) is 0 Å². The van der Waals surface area contributed by atoms with Gasteiger partial charge in [-0.25, -0.2) is 10.5 Å². The smallest absolute Gasteiger partial charge is 0.245 e. The van der Waals surface area contributed by atoms with E-state index in [9.17, 15) is 4.79 Å². The van der Waals surface area contributed by atoms with Crippen LogP contribution in [-0.4, -0.2) is 22.6 Å². The number of benzene rings is 1. The number of amides is 1. The number of rotatable bonds is 4. The van der Waals surface area contributed by atoms with Gasteiger partial charge in [-0.05, 0) is 12.1 Å². The van der Waals surface area contributed by atoms with E-state index in [4.69, 9.17) is 0 Å². The van der Waals surface area contributed by atoms with Gasteiger partial charge in [0.15, 0.2) is 0 Å². The standard InChI is InChI=1S/C11H13N3O2/c1-16-13-11(15)6-7-14-8-12-9-4-2-3-5-10(9)14/h2-5,8H,6-7H2,1H3,(H,13,15). The third-order valence-electron chi connectivity index (χ3n) is 2.32. The number of fused-ring (bicyclic) bond motifs is 1. The maximum absolute atomic E-state index is 11.2. The molecule has 0 radical (unpaired) electrons. The van der Waals surface area contributed by atoms with Crippen LogP contribution in [0.5, 0.6) is 0 Å². The van der Waals surface area contributed by atoms with E-state index >= 15 is 0 Å². The quantitative estimate of drug-likeness (QED) is 0.783. The minimum absolute atomic E-state index is 0.139. The van der Waals surface area contributed by atoms with E-state index in [-0.39, 0.29) is 5.91 Å². The summed E-state index contributed by atoms with van der Waals surface area (Å²) in [4.78, 5) is 20.0. The van der Waals surface area contributed by atoms with Gasteiger partial charge in [-0.3, -0.25) is 9.63 Å². The van der Waals surface area contributed by atoms with Crippen molar-refractivity contribution < 1.29 is 9.63 Å². The average molecular weight is 219 g/mol. The molecule has 0 aliphatic carbocycles. The predicted molar refractivity (Wildman–Crippen MR) is 59.5 cm³/mol. The number of nitrogens with one attached hydrogen (secondary N) is 1. The van der Waals surface area contributed by atoms with E-state index in [0.717, 1.165) is 11.0 Å². The first-order valence-electron chi connectivity index (χ1n) is 5.03. The molecule has 0 saturated carbocycles. The zero-order valence-electron chi connectivity index (χ0n) is 9.01. The summed E-state index contributed by atoms with van der Waals surface area (Å²) in [5.74, 6) is -0.139. The van der Waals surface area contributed by atoms with Crippen LogP contribution in [0.15, 0.2) is 30.6 Å². The lowest BCUT2D eigenvalue weighted by Gasteiger charge is -2.04. The third-order valence-corrected chi connectivity index (χ3v) is 2.32. The second-order valence-corrected chi connectivity index (χ2v) is 3.41. The van der Waals surface area contributed by atoms with Gasteiger partial charge in [-0.1, -0.05) is 12.1 Å². The zero-order chi connectivity index (χ0) is 11.4. The lowest BCUT2D eigenvalue weighted by Crippen LogP contribution is -2.22. The maximum atomic E-state index is 11.2. The lowest BCUT2D eigenvalue weighted by molar-refractivity contribution is -0.131. The van der Waals surface area contributed by atoms with Crippen LogP contribution in [0.4, 0.5) is 0 Å². The Hall–Kier alpha value is -1.88. The first kappa shape index (κ1) is 10.6. The Bertz CT molecular complexity index is 493. The highest BCUT2D eigenvalue weighted by atomic mass is 16.6. The third kappa shape index (κ3) is 2.20. The van der Waals surface area contributed by atoms with Gasteiger partial charge in [0.1, 0.15) is 0 Å². The Kier molecular flexibility index (Phi) is 3.16. The second kappa shape index (κ2) is 4.76. The van der Waals surface area contributed by atoms with E-state index in [1.54, 1.807) is 6.33 Å². The first-order valence-corrected chi connectivity index (χ1v) is 5.03. The minimum atomic E-state index is -0.139. The summed E-state index contributed by atoms with van der Waals surface area (Å²) in [5, 5.41) is 0. The molecular weight excluding hydrogens is 206 g/mol. The number of carbonyl (C=O) groups excluding carboxylic acids is 1. The number of aromatic nitrogens is 2. The average Bonchev–Trinajstić information content (AvgIpc) is 2.70. The van der Waals surface area contributed by atoms with E-state index in [1.807, 2.05) is 28.8 Å². The number of carbonyl (C=O) groups is 1. The molecule has 1 aromatic heterocycles. The van der Waals surface area contributed by atoms with E-state index in [2.05, 4.69) is 15.3 Å². The molecule has 5 nitrogen and oxygen atoms in total. The highest BCUT2D eigenvalue weighted by Gasteiger charge is 2.04. The molecule has 16 heavy (non-hydrogen) atoms. The molecule has 0 bridgehead atoms. The van der Waals surface area contributed by atoms with Crippen LogP contribution in [0.25, 0.3) is 11.0 Å². The maximum Gasteiger partial charge on any atom is 0.245 e. The second-order valence-electron chi connectivity index (χ2n) is 3.41. The lowest BCUT2D eigenvalue weighted by atomic mass is 10.3. The molecule has 0 atom stereocenters. The summed E-state index contributed by atoms with van der Waals surface area (Å²) < 4.78 is 1.95. The van der Waals surface area contributed by atoms with Crippen LogP contribution in [0.3, 0.4) is 0 Å². The Morgan fingerprint density at radius 2 is 2.31 bits per heavy atom. The van der Waals surface area contributed by atoms with Gasteiger partial charge in [0, 0.05) is 13.0 Å². The molecule has 1 heterocycles. The molecule has 1 amide bonds. The summed E-state index contributed by atoms with van der Waals surface area (Å²) >= 11 is 0. The summed E-state index contributed by atoms with van der Waals surface area (Å²) in [6.07, 6.45) is 2.11. The van der Waals surface area contributed by atoms with Crippen molar-refractivity contribution in [3.63, 3.8) is 0 Å². The van der Waals surface area contributed by atoms with Gasteiger partial charge in [-0.2, -0.15) is 0 Å². The number of hydrogen-bond donors (Lipinski definition) is 1. The van der Waals surface area contributed by atoms with Gasteiger partial charge in [0.2, 0.25) is 5.91 Å².